The minimum absolute atomic E-state index is 0.00189. The highest BCUT2D eigenvalue weighted by Gasteiger charge is 2.20. The van der Waals surface area contributed by atoms with Crippen molar-refractivity contribution in [3.05, 3.63) is 76.3 Å². The maximum atomic E-state index is 13.0. The Hall–Kier alpha value is -3.29. The second kappa shape index (κ2) is 7.53. The Morgan fingerprint density at radius 2 is 1.67 bits per heavy atom. The van der Waals surface area contributed by atoms with Gasteiger partial charge in [0.15, 0.2) is 0 Å². The van der Waals surface area contributed by atoms with Crippen LogP contribution in [0.5, 0.6) is 0 Å². The average Bonchev–Trinajstić information content (AvgIpc) is 3.02. The van der Waals surface area contributed by atoms with E-state index in [4.69, 9.17) is 4.42 Å². The number of hydrogen-bond donors (Lipinski definition) is 0. The van der Waals surface area contributed by atoms with Gasteiger partial charge in [0.2, 0.25) is 11.8 Å². The van der Waals surface area contributed by atoms with Gasteiger partial charge in [0.05, 0.1) is 6.04 Å². The van der Waals surface area contributed by atoms with Gasteiger partial charge in [-0.1, -0.05) is 12.1 Å². The van der Waals surface area contributed by atoms with Gasteiger partial charge in [0.1, 0.15) is 18.2 Å². The van der Waals surface area contributed by atoms with E-state index in [9.17, 15) is 18.4 Å². The summed E-state index contributed by atoms with van der Waals surface area (Å²) in [5.74, 6) is -1.94. The Labute approximate surface area is 153 Å². The third-order valence-electron chi connectivity index (χ3n) is 4.31. The van der Waals surface area contributed by atoms with Crippen LogP contribution in [0, 0.1) is 11.6 Å². The minimum atomic E-state index is -0.787. The third kappa shape index (κ3) is 4.11. The lowest BCUT2D eigenvalue weighted by atomic mass is 10.1. The number of aromatic nitrogens is 2. The summed E-state index contributed by atoms with van der Waals surface area (Å²) in [5.41, 5.74) is 1.18. The highest BCUT2D eigenvalue weighted by atomic mass is 19.1. The quantitative estimate of drug-likeness (QED) is 0.690. The van der Waals surface area contributed by atoms with Gasteiger partial charge in [-0.25, -0.2) is 13.6 Å². The summed E-state index contributed by atoms with van der Waals surface area (Å²) < 4.78 is 32.0. The second-order valence-electron chi connectivity index (χ2n) is 6.07. The van der Waals surface area contributed by atoms with Crippen molar-refractivity contribution in [1.29, 1.82) is 0 Å². The Bertz CT molecular complexity index is 994. The van der Waals surface area contributed by atoms with E-state index in [0.29, 0.717) is 5.56 Å². The van der Waals surface area contributed by atoms with Crippen LogP contribution < -0.4 is 5.76 Å². The number of nitrogens with zero attached hydrogens (tertiary/aromatic N) is 3. The van der Waals surface area contributed by atoms with Gasteiger partial charge in [-0.15, -0.1) is 5.10 Å². The van der Waals surface area contributed by atoms with Crippen molar-refractivity contribution in [2.75, 3.05) is 7.05 Å². The van der Waals surface area contributed by atoms with Crippen molar-refractivity contribution >= 4 is 5.91 Å². The summed E-state index contributed by atoms with van der Waals surface area (Å²) in [6, 6.07) is 10.8. The van der Waals surface area contributed by atoms with Crippen molar-refractivity contribution in [2.45, 2.75) is 19.5 Å². The Balaban J connectivity index is 1.74. The number of amides is 1. The molecule has 140 valence electrons. The molecule has 0 aliphatic heterocycles. The molecular weight excluding hydrogens is 356 g/mol. The predicted molar refractivity (Wildman–Crippen MR) is 93.7 cm³/mol. The van der Waals surface area contributed by atoms with E-state index >= 15 is 0 Å². The molecule has 0 N–H and O–H groups in total. The predicted octanol–water partition coefficient (Wildman–Crippen LogP) is 3.00. The third-order valence-corrected chi connectivity index (χ3v) is 4.31. The Morgan fingerprint density at radius 1 is 1.11 bits per heavy atom. The van der Waals surface area contributed by atoms with Crippen LogP contribution in [-0.4, -0.2) is 27.6 Å². The molecule has 1 heterocycles. The van der Waals surface area contributed by atoms with E-state index in [1.807, 2.05) is 0 Å². The van der Waals surface area contributed by atoms with Crippen LogP contribution in [0.25, 0.3) is 11.5 Å². The average molecular weight is 373 g/mol. The maximum absolute atomic E-state index is 13.0. The molecule has 0 unspecified atom stereocenters. The summed E-state index contributed by atoms with van der Waals surface area (Å²) in [6.07, 6.45) is 0. The molecule has 2 aromatic carbocycles. The zero-order valence-electron chi connectivity index (χ0n) is 14.7. The smallest absolute Gasteiger partial charge is 0.388 e. The number of carbonyl (C=O) groups is 1. The fraction of sp³-hybridized carbons (Fsp3) is 0.211. The summed E-state index contributed by atoms with van der Waals surface area (Å²) in [6.45, 7) is 1.48. The van der Waals surface area contributed by atoms with Crippen LogP contribution in [0.2, 0.25) is 0 Å². The molecule has 0 saturated heterocycles. The van der Waals surface area contributed by atoms with Gasteiger partial charge < -0.3 is 9.32 Å². The molecule has 0 fully saturated rings. The van der Waals surface area contributed by atoms with Crippen LogP contribution >= 0.6 is 0 Å². The monoisotopic (exact) mass is 373 g/mol. The Morgan fingerprint density at radius 3 is 2.26 bits per heavy atom. The molecule has 0 saturated carbocycles. The van der Waals surface area contributed by atoms with E-state index in [1.165, 1.54) is 41.3 Å². The summed E-state index contributed by atoms with van der Waals surface area (Å²) in [7, 11) is 1.59. The minimum Gasteiger partial charge on any atom is -0.388 e. The Kier molecular flexibility index (Phi) is 5.16. The summed E-state index contributed by atoms with van der Waals surface area (Å²) in [4.78, 5) is 25.9. The molecule has 3 aromatic rings. The molecule has 8 heteroatoms. The summed E-state index contributed by atoms with van der Waals surface area (Å²) in [5, 5.41) is 3.99. The first-order chi connectivity index (χ1) is 12.8. The maximum Gasteiger partial charge on any atom is 0.437 e. The van der Waals surface area contributed by atoms with E-state index in [-0.39, 0.29) is 30.2 Å². The fourth-order valence-electron chi connectivity index (χ4n) is 2.54. The number of carbonyl (C=O) groups excluding carboxylic acids is 1. The van der Waals surface area contributed by atoms with Crippen molar-refractivity contribution in [3.8, 4) is 11.5 Å². The standard InChI is InChI=1S/C19H17F2N3O3/c1-12(13-3-7-15(20)8-4-13)23(2)17(25)11-24-19(26)27-18(22-24)14-5-9-16(21)10-6-14/h3-10,12H,11H2,1-2H3/t12-/m0/s1. The van der Waals surface area contributed by atoms with Crippen molar-refractivity contribution in [3.63, 3.8) is 0 Å². The van der Waals surface area contributed by atoms with Gasteiger partial charge >= 0.3 is 5.76 Å². The largest absolute Gasteiger partial charge is 0.437 e. The van der Waals surface area contributed by atoms with Gasteiger partial charge in [0.25, 0.3) is 0 Å². The number of hydrogen-bond acceptors (Lipinski definition) is 4. The van der Waals surface area contributed by atoms with Gasteiger partial charge in [-0.2, -0.15) is 4.68 Å². The summed E-state index contributed by atoms with van der Waals surface area (Å²) >= 11 is 0. The first-order valence-electron chi connectivity index (χ1n) is 8.20. The lowest BCUT2D eigenvalue weighted by molar-refractivity contribution is -0.132. The molecule has 1 amide bonds. The highest BCUT2D eigenvalue weighted by molar-refractivity contribution is 5.76. The first-order valence-corrected chi connectivity index (χ1v) is 8.20. The topological polar surface area (TPSA) is 68.3 Å². The van der Waals surface area contributed by atoms with Crippen LogP contribution in [0.15, 0.2) is 57.7 Å². The van der Waals surface area contributed by atoms with Crippen LogP contribution in [-0.2, 0) is 11.3 Å². The van der Waals surface area contributed by atoms with Gasteiger partial charge in [-0.05, 0) is 48.9 Å². The van der Waals surface area contributed by atoms with Crippen LogP contribution in [0.3, 0.4) is 0 Å². The highest BCUT2D eigenvalue weighted by Crippen LogP contribution is 2.20. The van der Waals surface area contributed by atoms with Gasteiger partial charge in [-0.3, -0.25) is 4.79 Å². The molecule has 1 atom stereocenters. The van der Waals surface area contributed by atoms with Crippen molar-refractivity contribution < 1.29 is 18.0 Å². The van der Waals surface area contributed by atoms with Crippen molar-refractivity contribution in [2.24, 2.45) is 0 Å². The SMILES string of the molecule is C[C@@H](c1ccc(F)cc1)N(C)C(=O)Cn1nc(-c2ccc(F)cc2)oc1=O. The van der Waals surface area contributed by atoms with Gasteiger partial charge in [0, 0.05) is 12.6 Å². The van der Waals surface area contributed by atoms with E-state index in [0.717, 1.165) is 10.2 Å². The normalized spacial score (nSPS) is 12.0. The van der Waals surface area contributed by atoms with Crippen molar-refractivity contribution in [1.82, 2.24) is 14.7 Å². The lowest BCUT2D eigenvalue weighted by Gasteiger charge is -2.25. The molecule has 0 spiro atoms. The first kappa shape index (κ1) is 18.5. The molecule has 0 aliphatic carbocycles. The zero-order valence-corrected chi connectivity index (χ0v) is 14.7. The van der Waals surface area contributed by atoms with Crippen LogP contribution in [0.1, 0.15) is 18.5 Å². The molecule has 1 aromatic heterocycles. The number of rotatable bonds is 5. The van der Waals surface area contributed by atoms with E-state index in [1.54, 1.807) is 26.1 Å². The van der Waals surface area contributed by atoms with Crippen LogP contribution in [0.4, 0.5) is 8.78 Å². The zero-order chi connectivity index (χ0) is 19.6. The molecule has 3 rings (SSSR count). The van der Waals surface area contributed by atoms with E-state index in [2.05, 4.69) is 5.10 Å². The molecule has 27 heavy (non-hydrogen) atoms. The molecule has 0 bridgehead atoms. The molecular formula is C19H17F2N3O3. The lowest BCUT2D eigenvalue weighted by Crippen LogP contribution is -2.35. The molecule has 6 nitrogen and oxygen atoms in total. The number of likely N-dealkylation sites (N-methyl/N-ethyl adjacent to an activating group) is 1. The molecule has 0 radical (unpaired) electrons. The molecule has 0 aliphatic rings. The second-order valence-corrected chi connectivity index (χ2v) is 6.07. The number of halogens is 2. The number of benzene rings is 2. The van der Waals surface area contributed by atoms with E-state index < -0.39 is 11.6 Å². The fourth-order valence-corrected chi connectivity index (χ4v) is 2.54.